The molecule has 0 unspecified atom stereocenters. The average Bonchev–Trinajstić information content (AvgIpc) is 2.42. The standard InChI is InChI=1S/C14H10Br2O2S/c1-18-14(17)12-8-11(6-7-13(12)16)19-10-4-2-9(15)3-5-10/h2-8H,1H3. The number of rotatable bonds is 3. The summed E-state index contributed by atoms with van der Waals surface area (Å²) in [5.74, 6) is -0.342. The van der Waals surface area contributed by atoms with Crippen LogP contribution in [-0.2, 0) is 4.74 Å². The molecule has 0 heterocycles. The van der Waals surface area contributed by atoms with Gasteiger partial charge in [-0.1, -0.05) is 27.7 Å². The summed E-state index contributed by atoms with van der Waals surface area (Å²) in [6, 6.07) is 13.7. The second-order valence-electron chi connectivity index (χ2n) is 3.69. The lowest BCUT2D eigenvalue weighted by atomic mass is 10.2. The molecule has 0 radical (unpaired) electrons. The Hall–Kier alpha value is -0.780. The van der Waals surface area contributed by atoms with Crippen molar-refractivity contribution in [3.63, 3.8) is 0 Å². The van der Waals surface area contributed by atoms with Gasteiger partial charge < -0.3 is 4.74 Å². The predicted octanol–water partition coefficient (Wildman–Crippen LogP) is 5.15. The molecule has 0 saturated heterocycles. The number of esters is 1. The van der Waals surface area contributed by atoms with Gasteiger partial charge >= 0.3 is 5.97 Å². The normalized spacial score (nSPS) is 10.3. The molecule has 0 N–H and O–H groups in total. The van der Waals surface area contributed by atoms with Crippen molar-refractivity contribution in [3.8, 4) is 0 Å². The highest BCUT2D eigenvalue weighted by Crippen LogP contribution is 2.31. The third-order valence-electron chi connectivity index (χ3n) is 2.39. The zero-order valence-corrected chi connectivity index (χ0v) is 14.0. The van der Waals surface area contributed by atoms with Crippen LogP contribution in [0.4, 0.5) is 0 Å². The van der Waals surface area contributed by atoms with E-state index in [1.807, 2.05) is 42.5 Å². The van der Waals surface area contributed by atoms with E-state index in [4.69, 9.17) is 4.74 Å². The van der Waals surface area contributed by atoms with Crippen LogP contribution in [0.5, 0.6) is 0 Å². The molecule has 19 heavy (non-hydrogen) atoms. The molecule has 2 aromatic rings. The average molecular weight is 402 g/mol. The Morgan fingerprint density at radius 1 is 1.05 bits per heavy atom. The molecule has 2 aromatic carbocycles. The minimum atomic E-state index is -0.342. The Morgan fingerprint density at radius 2 is 1.68 bits per heavy atom. The third-order valence-corrected chi connectivity index (χ3v) is 4.61. The summed E-state index contributed by atoms with van der Waals surface area (Å²) in [4.78, 5) is 13.7. The maximum Gasteiger partial charge on any atom is 0.339 e. The summed E-state index contributed by atoms with van der Waals surface area (Å²) in [5, 5.41) is 0. The molecule has 0 saturated carbocycles. The minimum absolute atomic E-state index is 0.342. The van der Waals surface area contributed by atoms with Crippen LogP contribution in [0.15, 0.2) is 61.2 Å². The fourth-order valence-electron chi connectivity index (χ4n) is 1.47. The van der Waals surface area contributed by atoms with Crippen LogP contribution in [0, 0.1) is 0 Å². The lowest BCUT2D eigenvalue weighted by molar-refractivity contribution is 0.0599. The van der Waals surface area contributed by atoms with Gasteiger partial charge in [-0.25, -0.2) is 4.79 Å². The molecule has 0 aromatic heterocycles. The van der Waals surface area contributed by atoms with E-state index < -0.39 is 0 Å². The molecule has 0 atom stereocenters. The first-order valence-corrected chi connectivity index (χ1v) is 7.81. The number of halogens is 2. The first-order chi connectivity index (χ1) is 9.10. The quantitative estimate of drug-likeness (QED) is 0.665. The predicted molar refractivity (Wildman–Crippen MR) is 83.7 cm³/mol. The van der Waals surface area contributed by atoms with Crippen LogP contribution in [0.2, 0.25) is 0 Å². The van der Waals surface area contributed by atoms with Crippen molar-refractivity contribution in [2.75, 3.05) is 7.11 Å². The van der Waals surface area contributed by atoms with Crippen molar-refractivity contribution in [1.29, 1.82) is 0 Å². The number of benzene rings is 2. The topological polar surface area (TPSA) is 26.3 Å². The monoisotopic (exact) mass is 400 g/mol. The van der Waals surface area contributed by atoms with Crippen LogP contribution in [0.1, 0.15) is 10.4 Å². The number of carbonyl (C=O) groups excluding carboxylic acids is 1. The van der Waals surface area contributed by atoms with Crippen LogP contribution in [-0.4, -0.2) is 13.1 Å². The van der Waals surface area contributed by atoms with Gasteiger partial charge in [0, 0.05) is 18.7 Å². The van der Waals surface area contributed by atoms with Gasteiger partial charge in [0.1, 0.15) is 0 Å². The Balaban J connectivity index is 2.26. The molecule has 98 valence electrons. The number of ether oxygens (including phenoxy) is 1. The van der Waals surface area contributed by atoms with E-state index in [1.54, 1.807) is 11.8 Å². The molecule has 5 heteroatoms. The van der Waals surface area contributed by atoms with E-state index in [1.165, 1.54) is 7.11 Å². The Labute approximate surface area is 132 Å². The number of carbonyl (C=O) groups is 1. The Morgan fingerprint density at radius 3 is 2.32 bits per heavy atom. The first-order valence-electron chi connectivity index (χ1n) is 5.41. The van der Waals surface area contributed by atoms with Crippen molar-refractivity contribution < 1.29 is 9.53 Å². The zero-order valence-electron chi connectivity index (χ0n) is 10.0. The van der Waals surface area contributed by atoms with Gasteiger partial charge in [0.2, 0.25) is 0 Å². The minimum Gasteiger partial charge on any atom is -0.465 e. The molecule has 0 fully saturated rings. The maximum absolute atomic E-state index is 11.6. The highest BCUT2D eigenvalue weighted by Gasteiger charge is 2.11. The molecule has 0 spiro atoms. The Bertz CT molecular complexity index is 597. The van der Waals surface area contributed by atoms with Gasteiger partial charge in [0.15, 0.2) is 0 Å². The molecular formula is C14H10Br2O2S. The van der Waals surface area contributed by atoms with E-state index in [0.717, 1.165) is 18.7 Å². The smallest absolute Gasteiger partial charge is 0.339 e. The third kappa shape index (κ3) is 3.84. The van der Waals surface area contributed by atoms with E-state index in [0.29, 0.717) is 5.56 Å². The lowest BCUT2D eigenvalue weighted by Crippen LogP contribution is -2.02. The molecule has 2 rings (SSSR count). The van der Waals surface area contributed by atoms with Crippen molar-refractivity contribution in [3.05, 3.63) is 57.0 Å². The van der Waals surface area contributed by atoms with Gasteiger partial charge in [-0.05, 0) is 58.4 Å². The van der Waals surface area contributed by atoms with Gasteiger partial charge in [-0.2, -0.15) is 0 Å². The van der Waals surface area contributed by atoms with Crippen molar-refractivity contribution in [1.82, 2.24) is 0 Å². The zero-order chi connectivity index (χ0) is 13.8. The molecule has 0 aliphatic heterocycles. The fourth-order valence-corrected chi connectivity index (χ4v) is 3.00. The van der Waals surface area contributed by atoms with E-state index in [-0.39, 0.29) is 5.97 Å². The summed E-state index contributed by atoms with van der Waals surface area (Å²) in [6.45, 7) is 0. The SMILES string of the molecule is COC(=O)c1cc(Sc2ccc(Br)cc2)ccc1Br. The number of methoxy groups -OCH3 is 1. The van der Waals surface area contributed by atoms with E-state index in [2.05, 4.69) is 31.9 Å². The van der Waals surface area contributed by atoms with Crippen molar-refractivity contribution in [2.24, 2.45) is 0 Å². The van der Waals surface area contributed by atoms with Gasteiger partial charge in [0.05, 0.1) is 12.7 Å². The number of hydrogen-bond acceptors (Lipinski definition) is 3. The summed E-state index contributed by atoms with van der Waals surface area (Å²) in [7, 11) is 1.38. The molecule has 2 nitrogen and oxygen atoms in total. The van der Waals surface area contributed by atoms with Crippen LogP contribution >= 0.6 is 43.6 Å². The summed E-state index contributed by atoms with van der Waals surface area (Å²) < 4.78 is 6.53. The summed E-state index contributed by atoms with van der Waals surface area (Å²) >= 11 is 8.35. The summed E-state index contributed by atoms with van der Waals surface area (Å²) in [6.07, 6.45) is 0. The van der Waals surface area contributed by atoms with Crippen LogP contribution in [0.25, 0.3) is 0 Å². The largest absolute Gasteiger partial charge is 0.465 e. The lowest BCUT2D eigenvalue weighted by Gasteiger charge is -2.06. The first kappa shape index (κ1) is 14.6. The molecular weight excluding hydrogens is 392 g/mol. The fraction of sp³-hybridized carbons (Fsp3) is 0.0714. The molecule has 0 aliphatic rings. The van der Waals surface area contributed by atoms with Gasteiger partial charge in [-0.15, -0.1) is 0 Å². The van der Waals surface area contributed by atoms with Crippen LogP contribution < -0.4 is 0 Å². The van der Waals surface area contributed by atoms with Crippen molar-refractivity contribution >= 4 is 49.6 Å². The summed E-state index contributed by atoms with van der Waals surface area (Å²) in [5.41, 5.74) is 0.532. The van der Waals surface area contributed by atoms with Crippen LogP contribution in [0.3, 0.4) is 0 Å². The molecule has 0 bridgehead atoms. The number of hydrogen-bond donors (Lipinski definition) is 0. The highest BCUT2D eigenvalue weighted by atomic mass is 79.9. The maximum atomic E-state index is 11.6. The second kappa shape index (κ2) is 6.59. The van der Waals surface area contributed by atoms with E-state index >= 15 is 0 Å². The van der Waals surface area contributed by atoms with Gasteiger partial charge in [-0.3, -0.25) is 0 Å². The van der Waals surface area contributed by atoms with E-state index in [9.17, 15) is 4.79 Å². The van der Waals surface area contributed by atoms with Crippen molar-refractivity contribution in [2.45, 2.75) is 9.79 Å². The molecule has 0 aliphatic carbocycles. The molecule has 0 amide bonds. The highest BCUT2D eigenvalue weighted by molar-refractivity contribution is 9.10. The second-order valence-corrected chi connectivity index (χ2v) is 6.61. The van der Waals surface area contributed by atoms with Gasteiger partial charge in [0.25, 0.3) is 0 Å². The Kier molecular flexibility index (Phi) is 5.07.